The van der Waals surface area contributed by atoms with Crippen LogP contribution in [0.1, 0.15) is 46.8 Å². The Labute approximate surface area is 228 Å². The van der Waals surface area contributed by atoms with Gasteiger partial charge in [0.1, 0.15) is 23.0 Å². The van der Waals surface area contributed by atoms with Crippen LogP contribution in [0.25, 0.3) is 12.2 Å². The lowest BCUT2D eigenvalue weighted by atomic mass is 10.00. The number of anilines is 1. The number of amides is 3. The Morgan fingerprint density at radius 1 is 1.26 bits per heavy atom. The number of carbonyl (C=O) groups is 2. The first kappa shape index (κ1) is 27.8. The summed E-state index contributed by atoms with van der Waals surface area (Å²) < 4.78 is 11.4. The van der Waals surface area contributed by atoms with Gasteiger partial charge in [0, 0.05) is 25.7 Å². The zero-order valence-corrected chi connectivity index (χ0v) is 22.9. The molecule has 3 heterocycles. The van der Waals surface area contributed by atoms with Crippen molar-refractivity contribution in [2.75, 3.05) is 32.1 Å². The van der Waals surface area contributed by atoms with Crippen LogP contribution in [0.3, 0.4) is 0 Å². The van der Waals surface area contributed by atoms with E-state index in [0.29, 0.717) is 29.2 Å². The molecule has 0 radical (unpaired) electrons. The average Bonchev–Trinajstić information content (AvgIpc) is 3.25. The first-order valence-corrected chi connectivity index (χ1v) is 12.9. The molecule has 3 atom stereocenters. The van der Waals surface area contributed by atoms with Crippen LogP contribution in [-0.4, -0.2) is 75.9 Å². The second kappa shape index (κ2) is 12.1. The van der Waals surface area contributed by atoms with Crippen molar-refractivity contribution >= 4 is 29.8 Å². The van der Waals surface area contributed by atoms with Crippen LogP contribution in [-0.2, 0) is 0 Å². The highest BCUT2D eigenvalue weighted by molar-refractivity contribution is 5.97. The third kappa shape index (κ3) is 6.46. The largest absolute Gasteiger partial charge is 0.472 e. The van der Waals surface area contributed by atoms with E-state index in [1.54, 1.807) is 45.0 Å². The molecule has 39 heavy (non-hydrogen) atoms. The van der Waals surface area contributed by atoms with Gasteiger partial charge in [0.05, 0.1) is 19.2 Å². The minimum Gasteiger partial charge on any atom is -0.472 e. The Hall–Kier alpha value is -4.18. The highest BCUT2D eigenvalue weighted by Gasteiger charge is 2.34. The summed E-state index contributed by atoms with van der Waals surface area (Å²) in [5.74, 6) is 0.295. The Bertz CT molecular complexity index is 1320. The van der Waals surface area contributed by atoms with E-state index in [1.165, 1.54) is 4.90 Å². The number of nitrogens with one attached hydrogen (secondary N) is 1. The molecule has 0 unspecified atom stereocenters. The van der Waals surface area contributed by atoms with Crippen LogP contribution in [0.15, 0.2) is 47.1 Å². The number of nitrogens with zero attached hydrogens (tertiary/aromatic N) is 4. The number of aryl methyl sites for hydroxylation is 2. The van der Waals surface area contributed by atoms with Crippen molar-refractivity contribution in [1.29, 1.82) is 0 Å². The number of ether oxygens (including phenoxy) is 1. The van der Waals surface area contributed by atoms with E-state index >= 15 is 0 Å². The van der Waals surface area contributed by atoms with Crippen LogP contribution in [0.5, 0.6) is 5.88 Å². The molecule has 206 valence electrons. The van der Waals surface area contributed by atoms with Gasteiger partial charge in [-0.3, -0.25) is 4.79 Å². The Balaban J connectivity index is 1.60. The summed E-state index contributed by atoms with van der Waals surface area (Å²) in [5.41, 5.74) is 3.20. The zero-order valence-electron chi connectivity index (χ0n) is 22.9. The Kier molecular flexibility index (Phi) is 8.65. The number of benzene rings is 1. The average molecular weight is 534 g/mol. The normalized spacial score (nSPS) is 18.2. The number of aromatic nitrogens is 2. The van der Waals surface area contributed by atoms with Crippen LogP contribution in [0, 0.1) is 19.8 Å². The molecule has 0 aliphatic carbocycles. The molecule has 0 bridgehead atoms. The topological polar surface area (TPSA) is 121 Å². The fourth-order valence-corrected chi connectivity index (χ4v) is 4.40. The molecule has 4 rings (SSSR count). The van der Waals surface area contributed by atoms with Gasteiger partial charge in [-0.05, 0) is 38.0 Å². The van der Waals surface area contributed by atoms with Gasteiger partial charge in [-0.1, -0.05) is 54.6 Å². The summed E-state index contributed by atoms with van der Waals surface area (Å²) in [4.78, 5) is 34.3. The van der Waals surface area contributed by atoms with Crippen molar-refractivity contribution in [3.63, 3.8) is 0 Å². The second-order valence-corrected chi connectivity index (χ2v) is 10.00. The molecular weight excluding hydrogens is 498 g/mol. The number of rotatable bonds is 7. The van der Waals surface area contributed by atoms with E-state index in [9.17, 15) is 14.7 Å². The van der Waals surface area contributed by atoms with Gasteiger partial charge in [-0.25, -0.2) is 9.78 Å². The third-order valence-corrected chi connectivity index (χ3v) is 6.88. The SMILES string of the molecule is Cc1noc(C)c1NC(=O)N(C)C[C@H]1Oc2ncc(/C=C/c3ccccc3)cc2C(=O)N([C@@H](C)CO)C[C@@H]1C. The highest BCUT2D eigenvalue weighted by atomic mass is 16.5. The Morgan fingerprint density at radius 2 is 1.97 bits per heavy atom. The maximum Gasteiger partial charge on any atom is 0.321 e. The van der Waals surface area contributed by atoms with E-state index in [1.807, 2.05) is 49.4 Å². The Morgan fingerprint density at radius 3 is 2.64 bits per heavy atom. The summed E-state index contributed by atoms with van der Waals surface area (Å²) in [7, 11) is 1.67. The number of likely N-dealkylation sites (N-methyl/N-ethyl adjacent to an activating group) is 1. The predicted octanol–water partition coefficient (Wildman–Crippen LogP) is 4.24. The molecule has 3 amide bonds. The van der Waals surface area contributed by atoms with Gasteiger partial charge < -0.3 is 29.5 Å². The number of fused-ring (bicyclic) bond motifs is 1. The lowest BCUT2D eigenvalue weighted by molar-refractivity contribution is 0.0356. The molecule has 0 spiro atoms. The van der Waals surface area contributed by atoms with Gasteiger partial charge in [0.2, 0.25) is 5.88 Å². The van der Waals surface area contributed by atoms with Gasteiger partial charge >= 0.3 is 6.03 Å². The van der Waals surface area contributed by atoms with Gasteiger partial charge in [0.25, 0.3) is 5.91 Å². The van der Waals surface area contributed by atoms with Crippen LogP contribution in [0.4, 0.5) is 10.5 Å². The maximum atomic E-state index is 13.6. The standard InChI is InChI=1S/C29H35N5O5/c1-18-15-34(19(2)17-35)28(36)24-13-23(12-11-22-9-7-6-8-10-22)14-30-27(24)38-25(18)16-33(5)29(37)31-26-20(3)32-39-21(26)4/h6-14,18-19,25,35H,15-17H2,1-5H3,(H,31,37)/b12-11+/t18-,19-,25+/m0/s1. The van der Waals surface area contributed by atoms with Crippen LogP contribution >= 0.6 is 0 Å². The molecular formula is C29H35N5O5. The molecule has 1 aromatic carbocycles. The van der Waals surface area contributed by atoms with E-state index < -0.39 is 12.1 Å². The van der Waals surface area contributed by atoms with Crippen molar-refractivity contribution < 1.29 is 24.0 Å². The first-order chi connectivity index (χ1) is 18.7. The number of hydrogen-bond acceptors (Lipinski definition) is 7. The number of hydrogen-bond donors (Lipinski definition) is 2. The maximum absolute atomic E-state index is 13.6. The number of urea groups is 1. The fraction of sp³-hybridized carbons (Fsp3) is 0.379. The van der Waals surface area contributed by atoms with Crippen LogP contribution in [0.2, 0.25) is 0 Å². The minimum absolute atomic E-state index is 0.162. The van der Waals surface area contributed by atoms with Crippen molar-refractivity contribution in [3.05, 3.63) is 70.7 Å². The summed E-state index contributed by atoms with van der Waals surface area (Å²) in [6, 6.07) is 10.8. The second-order valence-electron chi connectivity index (χ2n) is 10.00. The van der Waals surface area contributed by atoms with Crippen molar-refractivity contribution in [2.24, 2.45) is 5.92 Å². The monoisotopic (exact) mass is 533 g/mol. The molecule has 0 saturated heterocycles. The minimum atomic E-state index is -0.469. The number of aliphatic hydroxyl groups excluding tert-OH is 1. The van der Waals surface area contributed by atoms with E-state index in [0.717, 1.165) is 11.1 Å². The van der Waals surface area contributed by atoms with Gasteiger partial charge in [0.15, 0.2) is 5.76 Å². The summed E-state index contributed by atoms with van der Waals surface area (Å²) in [6.45, 7) is 7.65. The molecule has 1 aliphatic rings. The van der Waals surface area contributed by atoms with Crippen molar-refractivity contribution in [3.8, 4) is 5.88 Å². The smallest absolute Gasteiger partial charge is 0.321 e. The lowest BCUT2D eigenvalue weighted by Gasteiger charge is -2.37. The number of carbonyl (C=O) groups excluding carboxylic acids is 2. The molecule has 10 heteroatoms. The molecule has 3 aromatic rings. The van der Waals surface area contributed by atoms with Crippen molar-refractivity contribution in [2.45, 2.75) is 39.8 Å². The van der Waals surface area contributed by atoms with E-state index in [4.69, 9.17) is 9.26 Å². The predicted molar refractivity (Wildman–Crippen MR) is 148 cm³/mol. The van der Waals surface area contributed by atoms with Gasteiger partial charge in [-0.2, -0.15) is 0 Å². The molecule has 0 fully saturated rings. The third-order valence-electron chi connectivity index (χ3n) is 6.88. The summed E-state index contributed by atoms with van der Waals surface area (Å²) in [5, 5.41) is 16.6. The molecule has 0 saturated carbocycles. The van der Waals surface area contributed by atoms with Crippen molar-refractivity contribution in [1.82, 2.24) is 19.9 Å². The summed E-state index contributed by atoms with van der Waals surface area (Å²) in [6.07, 6.45) is 5.02. The molecule has 10 nitrogen and oxygen atoms in total. The lowest BCUT2D eigenvalue weighted by Crippen LogP contribution is -2.50. The van der Waals surface area contributed by atoms with Crippen LogP contribution < -0.4 is 10.1 Å². The first-order valence-electron chi connectivity index (χ1n) is 12.9. The highest BCUT2D eigenvalue weighted by Crippen LogP contribution is 2.28. The van der Waals surface area contributed by atoms with Gasteiger partial charge in [-0.15, -0.1) is 0 Å². The number of pyridine rings is 1. The summed E-state index contributed by atoms with van der Waals surface area (Å²) >= 11 is 0. The fourth-order valence-electron chi connectivity index (χ4n) is 4.40. The van der Waals surface area contributed by atoms with E-state index in [-0.39, 0.29) is 36.9 Å². The molecule has 2 aromatic heterocycles. The molecule has 2 N–H and O–H groups in total. The van der Waals surface area contributed by atoms with E-state index in [2.05, 4.69) is 15.5 Å². The zero-order chi connectivity index (χ0) is 28.1. The molecule has 1 aliphatic heterocycles. The quantitative estimate of drug-likeness (QED) is 0.466. The number of aliphatic hydroxyl groups is 1.